The zero-order valence-electron chi connectivity index (χ0n) is 11.0. The Morgan fingerprint density at radius 2 is 1.88 bits per heavy atom. The zero-order chi connectivity index (χ0) is 12.5. The number of nitrogens with one attached hydrogen (secondary N) is 1. The van der Waals surface area contributed by atoms with Crippen LogP contribution in [0.4, 0.5) is 0 Å². The molecule has 0 saturated carbocycles. The van der Waals surface area contributed by atoms with Gasteiger partial charge in [-0.2, -0.15) is 0 Å². The average Bonchev–Trinajstić information content (AvgIpc) is 2.34. The molecule has 1 N–H and O–H groups in total. The van der Waals surface area contributed by atoms with Gasteiger partial charge in [-0.15, -0.1) is 11.8 Å². The normalized spacial score (nSPS) is 11.1. The second kappa shape index (κ2) is 8.56. The highest BCUT2D eigenvalue weighted by Gasteiger charge is 1.99. The van der Waals surface area contributed by atoms with E-state index >= 15 is 0 Å². The van der Waals surface area contributed by atoms with Crippen LogP contribution in [0, 0.1) is 0 Å². The van der Waals surface area contributed by atoms with Crippen LogP contribution in [0.25, 0.3) is 0 Å². The lowest BCUT2D eigenvalue weighted by atomic mass is 10.0. The molecule has 0 aliphatic carbocycles. The van der Waals surface area contributed by atoms with Crippen molar-refractivity contribution in [2.24, 2.45) is 0 Å². The van der Waals surface area contributed by atoms with Crippen LogP contribution in [0.5, 0.6) is 0 Å². The van der Waals surface area contributed by atoms with Crippen LogP contribution in [0.2, 0.25) is 0 Å². The van der Waals surface area contributed by atoms with Gasteiger partial charge < -0.3 is 10.1 Å². The van der Waals surface area contributed by atoms with E-state index in [1.807, 2.05) is 11.8 Å². The second-order valence-electron chi connectivity index (χ2n) is 4.31. The Labute approximate surface area is 109 Å². The van der Waals surface area contributed by atoms with E-state index in [9.17, 15) is 0 Å². The highest BCUT2D eigenvalue weighted by Crippen LogP contribution is 2.21. The number of rotatable bonds is 8. The van der Waals surface area contributed by atoms with Crippen molar-refractivity contribution in [1.82, 2.24) is 5.32 Å². The summed E-state index contributed by atoms with van der Waals surface area (Å²) in [6, 6.07) is 8.89. The van der Waals surface area contributed by atoms with Gasteiger partial charge in [-0.25, -0.2) is 0 Å². The maximum absolute atomic E-state index is 4.97. The standard InChI is InChI=1S/C14H23NOS/c1-12(2)13-4-6-14(7-5-13)17-11-9-15-8-10-16-3/h4-7,12,15H,8-11H2,1-3H3. The molecular weight excluding hydrogens is 230 g/mol. The summed E-state index contributed by atoms with van der Waals surface area (Å²) in [5.74, 6) is 1.72. The minimum Gasteiger partial charge on any atom is -0.383 e. The first-order chi connectivity index (χ1) is 8.24. The third kappa shape index (κ3) is 6.10. The average molecular weight is 253 g/mol. The molecule has 1 aromatic carbocycles. The quantitative estimate of drug-likeness (QED) is 0.568. The molecule has 0 aromatic heterocycles. The second-order valence-corrected chi connectivity index (χ2v) is 5.48. The van der Waals surface area contributed by atoms with Gasteiger partial charge in [0.2, 0.25) is 0 Å². The van der Waals surface area contributed by atoms with Crippen molar-refractivity contribution in [3.8, 4) is 0 Å². The third-order valence-electron chi connectivity index (χ3n) is 2.58. The zero-order valence-corrected chi connectivity index (χ0v) is 11.8. The van der Waals surface area contributed by atoms with E-state index in [0.717, 1.165) is 25.4 Å². The fraction of sp³-hybridized carbons (Fsp3) is 0.571. The Balaban J connectivity index is 2.19. The summed E-state index contributed by atoms with van der Waals surface area (Å²) in [7, 11) is 1.73. The molecular formula is C14H23NOS. The summed E-state index contributed by atoms with van der Waals surface area (Å²) < 4.78 is 4.97. The molecule has 0 fully saturated rings. The Kier molecular flexibility index (Phi) is 7.33. The number of benzene rings is 1. The highest BCUT2D eigenvalue weighted by molar-refractivity contribution is 7.99. The molecule has 0 unspecified atom stereocenters. The van der Waals surface area contributed by atoms with Gasteiger partial charge in [-0.05, 0) is 23.6 Å². The van der Waals surface area contributed by atoms with Crippen molar-refractivity contribution in [2.75, 3.05) is 32.6 Å². The monoisotopic (exact) mass is 253 g/mol. The van der Waals surface area contributed by atoms with Crippen LogP contribution in [-0.4, -0.2) is 32.6 Å². The van der Waals surface area contributed by atoms with Gasteiger partial charge in [0.25, 0.3) is 0 Å². The number of methoxy groups -OCH3 is 1. The smallest absolute Gasteiger partial charge is 0.0587 e. The minimum absolute atomic E-state index is 0.616. The van der Waals surface area contributed by atoms with E-state index in [4.69, 9.17) is 4.74 Å². The van der Waals surface area contributed by atoms with Gasteiger partial charge >= 0.3 is 0 Å². The first-order valence-electron chi connectivity index (χ1n) is 6.16. The third-order valence-corrected chi connectivity index (χ3v) is 3.59. The molecule has 0 spiro atoms. The molecule has 0 amide bonds. The Bertz CT molecular complexity index is 298. The minimum atomic E-state index is 0.616. The van der Waals surface area contributed by atoms with E-state index in [-0.39, 0.29) is 0 Å². The first-order valence-corrected chi connectivity index (χ1v) is 7.15. The van der Waals surface area contributed by atoms with Crippen molar-refractivity contribution >= 4 is 11.8 Å². The molecule has 0 aliphatic rings. The predicted octanol–water partition coefficient (Wildman–Crippen LogP) is 3.14. The molecule has 0 radical (unpaired) electrons. The highest BCUT2D eigenvalue weighted by atomic mass is 32.2. The van der Waals surface area contributed by atoms with Crippen molar-refractivity contribution in [1.29, 1.82) is 0 Å². The Hall–Kier alpha value is -0.510. The molecule has 0 atom stereocenters. The summed E-state index contributed by atoms with van der Waals surface area (Å²) in [5, 5.41) is 3.34. The van der Waals surface area contributed by atoms with Gasteiger partial charge in [-0.1, -0.05) is 26.0 Å². The molecule has 1 aromatic rings. The van der Waals surface area contributed by atoms with E-state index < -0.39 is 0 Å². The number of hydrogen-bond donors (Lipinski definition) is 1. The maximum atomic E-state index is 4.97. The van der Waals surface area contributed by atoms with Crippen LogP contribution in [0.1, 0.15) is 25.3 Å². The van der Waals surface area contributed by atoms with E-state index in [1.54, 1.807) is 7.11 Å². The summed E-state index contributed by atoms with van der Waals surface area (Å²) in [6.45, 7) is 7.20. The molecule has 1 rings (SSSR count). The molecule has 17 heavy (non-hydrogen) atoms. The molecule has 96 valence electrons. The fourth-order valence-corrected chi connectivity index (χ4v) is 2.30. The number of thioether (sulfide) groups is 1. The van der Waals surface area contributed by atoms with Crippen molar-refractivity contribution in [2.45, 2.75) is 24.7 Å². The molecule has 0 bridgehead atoms. The fourth-order valence-electron chi connectivity index (χ4n) is 1.49. The lowest BCUT2D eigenvalue weighted by Crippen LogP contribution is -2.21. The Morgan fingerprint density at radius 1 is 1.18 bits per heavy atom. The molecule has 0 aliphatic heterocycles. The SMILES string of the molecule is COCCNCCSc1ccc(C(C)C)cc1. The van der Waals surface area contributed by atoms with Gasteiger partial charge in [0.1, 0.15) is 0 Å². The molecule has 0 saturated heterocycles. The topological polar surface area (TPSA) is 21.3 Å². The van der Waals surface area contributed by atoms with Crippen LogP contribution >= 0.6 is 11.8 Å². The van der Waals surface area contributed by atoms with Gasteiger partial charge in [0.05, 0.1) is 6.61 Å². The van der Waals surface area contributed by atoms with Gasteiger partial charge in [-0.3, -0.25) is 0 Å². The molecule has 0 heterocycles. The van der Waals surface area contributed by atoms with Crippen LogP contribution in [-0.2, 0) is 4.74 Å². The van der Waals surface area contributed by atoms with Crippen molar-refractivity contribution < 1.29 is 4.74 Å². The summed E-state index contributed by atoms with van der Waals surface area (Å²) in [5.41, 5.74) is 1.41. The van der Waals surface area contributed by atoms with Crippen LogP contribution in [0.15, 0.2) is 29.2 Å². The molecule has 3 heteroatoms. The summed E-state index contributed by atoms with van der Waals surface area (Å²) >= 11 is 1.90. The van der Waals surface area contributed by atoms with Gasteiger partial charge in [0.15, 0.2) is 0 Å². The predicted molar refractivity (Wildman–Crippen MR) is 76.0 cm³/mol. The maximum Gasteiger partial charge on any atom is 0.0587 e. The van der Waals surface area contributed by atoms with Crippen LogP contribution in [0.3, 0.4) is 0 Å². The summed E-state index contributed by atoms with van der Waals surface area (Å²) in [6.07, 6.45) is 0. The first kappa shape index (κ1) is 14.6. The number of hydrogen-bond acceptors (Lipinski definition) is 3. The Morgan fingerprint density at radius 3 is 2.47 bits per heavy atom. The number of ether oxygens (including phenoxy) is 1. The van der Waals surface area contributed by atoms with Crippen LogP contribution < -0.4 is 5.32 Å². The van der Waals surface area contributed by atoms with E-state index in [1.165, 1.54) is 10.5 Å². The van der Waals surface area contributed by atoms with E-state index in [0.29, 0.717) is 5.92 Å². The van der Waals surface area contributed by atoms with Gasteiger partial charge in [0, 0.05) is 30.8 Å². The van der Waals surface area contributed by atoms with Crippen molar-refractivity contribution in [3.63, 3.8) is 0 Å². The largest absolute Gasteiger partial charge is 0.383 e. The van der Waals surface area contributed by atoms with E-state index in [2.05, 4.69) is 43.4 Å². The van der Waals surface area contributed by atoms with Crippen molar-refractivity contribution in [3.05, 3.63) is 29.8 Å². The molecule has 2 nitrogen and oxygen atoms in total. The summed E-state index contributed by atoms with van der Waals surface area (Å²) in [4.78, 5) is 1.35. The lowest BCUT2D eigenvalue weighted by molar-refractivity contribution is 0.200. The lowest BCUT2D eigenvalue weighted by Gasteiger charge is -2.07.